The number of benzene rings is 1. The lowest BCUT2D eigenvalue weighted by Crippen LogP contribution is -2.41. The molecule has 1 saturated heterocycles. The van der Waals surface area contributed by atoms with Crippen molar-refractivity contribution in [1.29, 1.82) is 0 Å². The van der Waals surface area contributed by atoms with Crippen molar-refractivity contribution < 1.29 is 32.3 Å². The first-order valence-electron chi connectivity index (χ1n) is 6.85. The molecule has 134 valence electrons. The van der Waals surface area contributed by atoms with Gasteiger partial charge in [-0.3, -0.25) is 14.4 Å². The van der Waals surface area contributed by atoms with E-state index in [1.165, 1.54) is 12.1 Å². The highest BCUT2D eigenvalue weighted by Crippen LogP contribution is 2.34. The van der Waals surface area contributed by atoms with Crippen LogP contribution in [0.15, 0.2) is 24.3 Å². The molecule has 0 spiro atoms. The van der Waals surface area contributed by atoms with Crippen molar-refractivity contribution in [3.63, 3.8) is 0 Å². The van der Waals surface area contributed by atoms with Crippen LogP contribution in [0.2, 0.25) is 0 Å². The lowest BCUT2D eigenvalue weighted by atomic mass is 10.1. The molecule has 1 aliphatic rings. The predicted octanol–water partition coefficient (Wildman–Crippen LogP) is 1.58. The molecule has 0 aliphatic carbocycles. The number of hydrogen-bond acceptors (Lipinski definition) is 5. The Kier molecular flexibility index (Phi) is 5.36. The zero-order chi connectivity index (χ0) is 18.8. The first kappa shape index (κ1) is 18.8. The highest BCUT2D eigenvalue weighted by Gasteiger charge is 2.42. The van der Waals surface area contributed by atoms with E-state index in [1.807, 2.05) is 0 Å². The Bertz CT molecular complexity index is 738. The highest BCUT2D eigenvalue weighted by atomic mass is 32.2. The number of nitrogens with two attached hydrogens (primary N) is 1. The molecular formula is C14H12F3N3O4S. The van der Waals surface area contributed by atoms with Crippen molar-refractivity contribution in [1.82, 2.24) is 4.90 Å². The standard InChI is InChI=1S/C14H12F3N3O4S/c15-14(16,17)7-3-1-2-4-8(7)19-10(21)6-25-9-5-11(22)20(12(9)23)13(18)24/h1-4,9H,5-6H2,(H2,18,24)(H,19,21). The number of urea groups is 1. The summed E-state index contributed by atoms with van der Waals surface area (Å²) in [6, 6.07) is 3.25. The van der Waals surface area contributed by atoms with Crippen LogP contribution in [0.5, 0.6) is 0 Å². The van der Waals surface area contributed by atoms with Crippen molar-refractivity contribution in [2.24, 2.45) is 5.73 Å². The molecule has 1 aromatic rings. The third-order valence-electron chi connectivity index (χ3n) is 3.25. The van der Waals surface area contributed by atoms with Crippen molar-refractivity contribution in [2.45, 2.75) is 17.8 Å². The fourth-order valence-corrected chi connectivity index (χ4v) is 3.10. The van der Waals surface area contributed by atoms with Crippen LogP contribution in [0.25, 0.3) is 0 Å². The zero-order valence-corrected chi connectivity index (χ0v) is 13.3. The summed E-state index contributed by atoms with van der Waals surface area (Å²) in [5.74, 6) is -2.77. The molecule has 0 bridgehead atoms. The van der Waals surface area contributed by atoms with E-state index >= 15 is 0 Å². The summed E-state index contributed by atoms with van der Waals surface area (Å²) >= 11 is 0.745. The number of alkyl halides is 3. The maximum atomic E-state index is 12.9. The van der Waals surface area contributed by atoms with Crippen molar-refractivity contribution in [2.75, 3.05) is 11.1 Å². The Morgan fingerprint density at radius 3 is 2.48 bits per heavy atom. The number of halogens is 3. The van der Waals surface area contributed by atoms with E-state index in [-0.39, 0.29) is 17.1 Å². The van der Waals surface area contributed by atoms with Crippen molar-refractivity contribution in [3.05, 3.63) is 29.8 Å². The normalized spacial score (nSPS) is 17.7. The third-order valence-corrected chi connectivity index (χ3v) is 4.45. The number of primary amides is 1. The van der Waals surface area contributed by atoms with Gasteiger partial charge in [0.15, 0.2) is 0 Å². The molecule has 5 amide bonds. The van der Waals surface area contributed by atoms with Gasteiger partial charge in [-0.15, -0.1) is 11.8 Å². The Balaban J connectivity index is 1.98. The number of thioether (sulfide) groups is 1. The molecule has 25 heavy (non-hydrogen) atoms. The number of nitrogens with one attached hydrogen (secondary N) is 1. The minimum absolute atomic E-state index is 0.286. The van der Waals surface area contributed by atoms with Gasteiger partial charge in [-0.05, 0) is 12.1 Å². The van der Waals surface area contributed by atoms with Crippen LogP contribution in [-0.4, -0.2) is 39.7 Å². The zero-order valence-electron chi connectivity index (χ0n) is 12.5. The second-order valence-electron chi connectivity index (χ2n) is 5.00. The fraction of sp³-hybridized carbons (Fsp3) is 0.286. The number of hydrogen-bond donors (Lipinski definition) is 2. The molecule has 0 aromatic heterocycles. The molecule has 1 aliphatic heterocycles. The van der Waals surface area contributed by atoms with Crippen LogP contribution in [0.4, 0.5) is 23.7 Å². The van der Waals surface area contributed by atoms with Crippen molar-refractivity contribution >= 4 is 41.2 Å². The molecule has 1 aromatic carbocycles. The van der Waals surface area contributed by atoms with E-state index in [1.54, 1.807) is 0 Å². The first-order valence-corrected chi connectivity index (χ1v) is 7.90. The topological polar surface area (TPSA) is 110 Å². The molecule has 1 unspecified atom stereocenters. The van der Waals surface area contributed by atoms with Gasteiger partial charge in [0.2, 0.25) is 11.8 Å². The number of para-hydroxylation sites is 1. The number of likely N-dealkylation sites (tertiary alicyclic amines) is 1. The van der Waals surface area contributed by atoms with Crippen LogP contribution in [0, 0.1) is 0 Å². The van der Waals surface area contributed by atoms with Crippen LogP contribution >= 0.6 is 11.8 Å². The van der Waals surface area contributed by atoms with Gasteiger partial charge in [0.1, 0.15) is 0 Å². The molecule has 7 nitrogen and oxygen atoms in total. The van der Waals surface area contributed by atoms with Gasteiger partial charge < -0.3 is 11.1 Å². The second kappa shape index (κ2) is 7.13. The smallest absolute Gasteiger partial charge is 0.351 e. The number of nitrogens with zero attached hydrogens (tertiary/aromatic N) is 1. The lowest BCUT2D eigenvalue weighted by molar-refractivity contribution is -0.137. The number of amides is 5. The number of anilines is 1. The maximum Gasteiger partial charge on any atom is 0.418 e. The van der Waals surface area contributed by atoms with E-state index in [9.17, 15) is 32.3 Å². The Labute approximate surface area is 143 Å². The summed E-state index contributed by atoms with van der Waals surface area (Å²) in [6.45, 7) is 0. The van der Waals surface area contributed by atoms with Gasteiger partial charge in [-0.25, -0.2) is 4.79 Å². The summed E-state index contributed by atoms with van der Waals surface area (Å²) in [5.41, 5.74) is 3.50. The van der Waals surface area contributed by atoms with Gasteiger partial charge in [-0.1, -0.05) is 12.1 Å². The highest BCUT2D eigenvalue weighted by molar-refractivity contribution is 8.01. The van der Waals surface area contributed by atoms with Gasteiger partial charge in [0, 0.05) is 6.42 Å². The second-order valence-corrected chi connectivity index (χ2v) is 6.19. The maximum absolute atomic E-state index is 12.9. The molecule has 3 N–H and O–H groups in total. The molecule has 11 heteroatoms. The quantitative estimate of drug-likeness (QED) is 0.777. The van der Waals surface area contributed by atoms with Crippen LogP contribution in [0.3, 0.4) is 0 Å². The molecule has 0 saturated carbocycles. The van der Waals surface area contributed by atoms with Gasteiger partial charge in [0.05, 0.1) is 22.3 Å². The lowest BCUT2D eigenvalue weighted by Gasteiger charge is -2.14. The fourth-order valence-electron chi connectivity index (χ4n) is 2.17. The number of rotatable bonds is 4. The van der Waals surface area contributed by atoms with E-state index in [0.29, 0.717) is 0 Å². The summed E-state index contributed by atoms with van der Waals surface area (Å²) in [5, 5.41) is 1.14. The summed E-state index contributed by atoms with van der Waals surface area (Å²) in [7, 11) is 0. The molecule has 1 heterocycles. The van der Waals surface area contributed by atoms with E-state index < -0.39 is 46.4 Å². The molecule has 2 rings (SSSR count). The third kappa shape index (κ3) is 4.29. The van der Waals surface area contributed by atoms with Gasteiger partial charge in [0.25, 0.3) is 5.91 Å². The number of imide groups is 3. The predicted molar refractivity (Wildman–Crippen MR) is 82.4 cm³/mol. The number of carbonyl (C=O) groups is 4. The Morgan fingerprint density at radius 1 is 1.28 bits per heavy atom. The SMILES string of the molecule is NC(=O)N1C(=O)CC(SCC(=O)Nc2ccccc2C(F)(F)F)C1=O. The van der Waals surface area contributed by atoms with Crippen LogP contribution in [0.1, 0.15) is 12.0 Å². The monoisotopic (exact) mass is 375 g/mol. The van der Waals surface area contributed by atoms with E-state index in [4.69, 9.17) is 5.73 Å². The minimum Gasteiger partial charge on any atom is -0.351 e. The minimum atomic E-state index is -4.63. The van der Waals surface area contributed by atoms with E-state index in [0.717, 1.165) is 23.9 Å². The summed E-state index contributed by atoms with van der Waals surface area (Å²) in [6.07, 6.45) is -4.94. The van der Waals surface area contributed by atoms with Crippen LogP contribution in [-0.2, 0) is 20.6 Å². The molecular weight excluding hydrogens is 363 g/mol. The summed E-state index contributed by atoms with van der Waals surface area (Å²) in [4.78, 5) is 46.4. The molecule has 1 fully saturated rings. The van der Waals surface area contributed by atoms with Crippen molar-refractivity contribution in [3.8, 4) is 0 Å². The summed E-state index contributed by atoms with van der Waals surface area (Å²) < 4.78 is 38.6. The Morgan fingerprint density at radius 2 is 1.92 bits per heavy atom. The van der Waals surface area contributed by atoms with Gasteiger partial charge >= 0.3 is 12.2 Å². The number of carbonyl (C=O) groups excluding carboxylic acids is 4. The average molecular weight is 375 g/mol. The average Bonchev–Trinajstić information content (AvgIpc) is 2.79. The molecule has 1 atom stereocenters. The molecule has 0 radical (unpaired) electrons. The Hall–Kier alpha value is -2.56. The largest absolute Gasteiger partial charge is 0.418 e. The van der Waals surface area contributed by atoms with Crippen LogP contribution < -0.4 is 11.1 Å². The van der Waals surface area contributed by atoms with E-state index in [2.05, 4.69) is 5.32 Å². The van der Waals surface area contributed by atoms with Gasteiger partial charge in [-0.2, -0.15) is 18.1 Å². The first-order chi connectivity index (χ1) is 11.6.